The molecule has 1 N–H and O–H groups in total. The van der Waals surface area contributed by atoms with Gasteiger partial charge in [-0.1, -0.05) is 5.16 Å². The third-order valence-corrected chi connectivity index (χ3v) is 5.51. The van der Waals surface area contributed by atoms with Crippen LogP contribution in [0.1, 0.15) is 12.8 Å². The van der Waals surface area contributed by atoms with Crippen molar-refractivity contribution in [2.75, 3.05) is 39.3 Å². The van der Waals surface area contributed by atoms with Gasteiger partial charge in [-0.3, -0.25) is 14.6 Å². The van der Waals surface area contributed by atoms with E-state index in [1.54, 1.807) is 11.3 Å². The number of likely N-dealkylation sites (N-methyl/N-ethyl adjacent to an activating group) is 1. The highest BCUT2D eigenvalue weighted by Gasteiger charge is 2.21. The summed E-state index contributed by atoms with van der Waals surface area (Å²) in [5.74, 6) is 1.36. The summed E-state index contributed by atoms with van der Waals surface area (Å²) >= 11 is 5.01. The van der Waals surface area contributed by atoms with E-state index in [4.69, 9.17) is 4.52 Å². The Morgan fingerprint density at radius 3 is 2.79 bits per heavy atom. The van der Waals surface area contributed by atoms with E-state index in [0.29, 0.717) is 31.3 Å². The molecule has 1 aliphatic rings. The largest absolute Gasteiger partial charge is 0.355 e. The predicted molar refractivity (Wildman–Crippen MR) is 95.7 cm³/mol. The van der Waals surface area contributed by atoms with Crippen molar-refractivity contribution in [1.82, 2.24) is 25.3 Å². The van der Waals surface area contributed by atoms with E-state index in [2.05, 4.69) is 41.2 Å². The molecular weight excluding hydrogens is 394 g/mol. The van der Waals surface area contributed by atoms with Crippen molar-refractivity contribution in [3.63, 3.8) is 0 Å². The Bertz CT molecular complexity index is 681. The second-order valence-electron chi connectivity index (χ2n) is 5.65. The summed E-state index contributed by atoms with van der Waals surface area (Å²) in [6.07, 6.45) is 0. The number of aromatic nitrogens is 2. The third-order valence-electron chi connectivity index (χ3n) is 3.82. The predicted octanol–water partition coefficient (Wildman–Crippen LogP) is 1.81. The highest BCUT2D eigenvalue weighted by atomic mass is 79.9. The number of piperazine rings is 1. The van der Waals surface area contributed by atoms with Gasteiger partial charge >= 0.3 is 0 Å². The van der Waals surface area contributed by atoms with Gasteiger partial charge in [0.2, 0.25) is 17.6 Å². The highest BCUT2D eigenvalue weighted by molar-refractivity contribution is 9.10. The van der Waals surface area contributed by atoms with E-state index in [0.717, 1.165) is 35.5 Å². The maximum atomic E-state index is 11.6. The molecule has 0 unspecified atom stereocenters. The number of hydrogen-bond acceptors (Lipinski definition) is 7. The lowest BCUT2D eigenvalue weighted by molar-refractivity contribution is -0.122. The van der Waals surface area contributed by atoms with Gasteiger partial charge in [0.1, 0.15) is 0 Å². The van der Waals surface area contributed by atoms with Gasteiger partial charge < -0.3 is 9.84 Å². The number of nitrogens with zero attached hydrogens (tertiary/aromatic N) is 4. The van der Waals surface area contributed by atoms with Crippen LogP contribution < -0.4 is 5.32 Å². The Labute approximate surface area is 153 Å². The smallest absolute Gasteiger partial charge is 0.241 e. The molecule has 2 aromatic rings. The number of hydrogen-bond donors (Lipinski definition) is 1. The molecule has 0 saturated carbocycles. The zero-order valence-electron chi connectivity index (χ0n) is 13.5. The van der Waals surface area contributed by atoms with Gasteiger partial charge in [-0.2, -0.15) is 4.98 Å². The molecule has 0 spiro atoms. The molecule has 7 nitrogen and oxygen atoms in total. The van der Waals surface area contributed by atoms with Crippen LogP contribution in [-0.2, 0) is 11.3 Å². The maximum Gasteiger partial charge on any atom is 0.241 e. The van der Waals surface area contributed by atoms with Crippen LogP contribution in [0.4, 0.5) is 0 Å². The lowest BCUT2D eigenvalue weighted by atomic mass is 10.3. The monoisotopic (exact) mass is 413 g/mol. The fourth-order valence-corrected chi connectivity index (χ4v) is 3.95. The molecule has 0 aromatic carbocycles. The summed E-state index contributed by atoms with van der Waals surface area (Å²) in [5, 5.41) is 8.89. The molecule has 0 radical (unpaired) electrons. The van der Waals surface area contributed by atoms with E-state index in [9.17, 15) is 4.79 Å². The molecular formula is C15H20BrN5O2S. The first-order chi connectivity index (χ1) is 11.6. The third kappa shape index (κ3) is 4.62. The van der Waals surface area contributed by atoms with E-state index >= 15 is 0 Å². The number of amides is 1. The standard InChI is InChI=1S/C15H20BrN5O2S/c1-2-17-13(22)8-20-3-5-21(6-4-20)9-14-18-15(19-23-14)12-7-11(16)10-24-12/h7,10H,2-6,8-9H2,1H3,(H,17,22). The van der Waals surface area contributed by atoms with E-state index < -0.39 is 0 Å². The molecule has 0 bridgehead atoms. The Balaban J connectivity index is 1.48. The number of carbonyl (C=O) groups excluding carboxylic acids is 1. The van der Waals surface area contributed by atoms with Crippen LogP contribution >= 0.6 is 27.3 Å². The van der Waals surface area contributed by atoms with Gasteiger partial charge in [-0.15, -0.1) is 11.3 Å². The second kappa shape index (κ2) is 8.19. The number of thiophene rings is 1. The summed E-state index contributed by atoms with van der Waals surface area (Å²) in [5.41, 5.74) is 0. The minimum absolute atomic E-state index is 0.0922. The van der Waals surface area contributed by atoms with Crippen LogP contribution in [-0.4, -0.2) is 65.1 Å². The van der Waals surface area contributed by atoms with Crippen LogP contribution in [0.3, 0.4) is 0 Å². The molecule has 1 aliphatic heterocycles. The number of nitrogens with one attached hydrogen (secondary N) is 1. The topological polar surface area (TPSA) is 74.5 Å². The summed E-state index contributed by atoms with van der Waals surface area (Å²) < 4.78 is 6.39. The summed E-state index contributed by atoms with van der Waals surface area (Å²) in [6, 6.07) is 1.99. The highest BCUT2D eigenvalue weighted by Crippen LogP contribution is 2.27. The molecule has 130 valence electrons. The van der Waals surface area contributed by atoms with Crippen LogP contribution in [0.5, 0.6) is 0 Å². The Hall–Kier alpha value is -1.29. The van der Waals surface area contributed by atoms with Crippen LogP contribution in [0.25, 0.3) is 10.7 Å². The quantitative estimate of drug-likeness (QED) is 0.778. The molecule has 3 heterocycles. The molecule has 0 atom stereocenters. The van der Waals surface area contributed by atoms with Crippen LogP contribution in [0, 0.1) is 0 Å². The van der Waals surface area contributed by atoms with Crippen molar-refractivity contribution >= 4 is 33.2 Å². The van der Waals surface area contributed by atoms with E-state index in [-0.39, 0.29) is 5.91 Å². The first-order valence-corrected chi connectivity index (χ1v) is 9.59. The van der Waals surface area contributed by atoms with Crippen molar-refractivity contribution in [3.8, 4) is 10.7 Å². The summed E-state index contributed by atoms with van der Waals surface area (Å²) in [7, 11) is 0. The SMILES string of the molecule is CCNC(=O)CN1CCN(Cc2nc(-c3cc(Br)cs3)no2)CC1. The molecule has 2 aromatic heterocycles. The normalized spacial score (nSPS) is 16.4. The minimum atomic E-state index is 0.0922. The van der Waals surface area contributed by atoms with Gasteiger partial charge in [0.05, 0.1) is 18.0 Å². The second-order valence-corrected chi connectivity index (χ2v) is 7.47. The lowest BCUT2D eigenvalue weighted by Crippen LogP contribution is -2.49. The molecule has 1 fully saturated rings. The molecule has 0 aliphatic carbocycles. The van der Waals surface area contributed by atoms with Crippen molar-refractivity contribution in [2.24, 2.45) is 0 Å². The average molecular weight is 414 g/mol. The Morgan fingerprint density at radius 2 is 2.12 bits per heavy atom. The van der Waals surface area contributed by atoms with Crippen molar-refractivity contribution in [1.29, 1.82) is 0 Å². The fourth-order valence-electron chi connectivity index (χ4n) is 2.60. The van der Waals surface area contributed by atoms with Gasteiger partial charge in [0.15, 0.2) is 0 Å². The van der Waals surface area contributed by atoms with Crippen molar-refractivity contribution < 1.29 is 9.32 Å². The Morgan fingerprint density at radius 1 is 1.38 bits per heavy atom. The van der Waals surface area contributed by atoms with Gasteiger partial charge in [0, 0.05) is 42.6 Å². The first-order valence-electron chi connectivity index (χ1n) is 7.92. The Kier molecular flexibility index (Phi) is 5.99. The van der Waals surface area contributed by atoms with Gasteiger partial charge in [0.25, 0.3) is 0 Å². The number of carbonyl (C=O) groups is 1. The number of halogens is 1. The first kappa shape index (κ1) is 17.5. The van der Waals surface area contributed by atoms with Crippen LogP contribution in [0.15, 0.2) is 20.4 Å². The lowest BCUT2D eigenvalue weighted by Gasteiger charge is -2.33. The molecule has 9 heteroatoms. The van der Waals surface area contributed by atoms with E-state index in [1.807, 2.05) is 18.4 Å². The van der Waals surface area contributed by atoms with Gasteiger partial charge in [-0.25, -0.2) is 0 Å². The maximum absolute atomic E-state index is 11.6. The van der Waals surface area contributed by atoms with Crippen molar-refractivity contribution in [3.05, 3.63) is 21.8 Å². The summed E-state index contributed by atoms with van der Waals surface area (Å²) in [6.45, 7) is 7.26. The summed E-state index contributed by atoms with van der Waals surface area (Å²) in [4.78, 5) is 21.5. The fraction of sp³-hybridized carbons (Fsp3) is 0.533. The number of rotatable bonds is 6. The zero-order valence-corrected chi connectivity index (χ0v) is 15.9. The molecule has 1 amide bonds. The molecule has 1 saturated heterocycles. The van der Waals surface area contributed by atoms with Crippen LogP contribution in [0.2, 0.25) is 0 Å². The molecule has 3 rings (SSSR count). The van der Waals surface area contributed by atoms with Gasteiger partial charge in [-0.05, 0) is 28.9 Å². The zero-order chi connectivity index (χ0) is 16.9. The minimum Gasteiger partial charge on any atom is -0.355 e. The van der Waals surface area contributed by atoms with Crippen molar-refractivity contribution in [2.45, 2.75) is 13.5 Å². The molecule has 24 heavy (non-hydrogen) atoms. The van der Waals surface area contributed by atoms with E-state index in [1.165, 1.54) is 0 Å². The average Bonchev–Trinajstić information content (AvgIpc) is 3.18.